The van der Waals surface area contributed by atoms with Crippen molar-refractivity contribution < 1.29 is 14.9 Å². The van der Waals surface area contributed by atoms with E-state index in [4.69, 9.17) is 4.74 Å². The first-order valence-corrected chi connectivity index (χ1v) is 13.5. The van der Waals surface area contributed by atoms with Gasteiger partial charge in [0.25, 0.3) is 0 Å². The lowest BCUT2D eigenvalue weighted by molar-refractivity contribution is 0.0692. The van der Waals surface area contributed by atoms with Gasteiger partial charge in [-0.25, -0.2) is 0 Å². The van der Waals surface area contributed by atoms with E-state index in [0.29, 0.717) is 11.5 Å². The number of allylic oxidation sites excluding steroid dienone is 12. The first-order valence-electron chi connectivity index (χ1n) is 13.5. The summed E-state index contributed by atoms with van der Waals surface area (Å²) in [7, 11) is 0. The molecule has 6 atom stereocenters. The summed E-state index contributed by atoms with van der Waals surface area (Å²) < 4.78 is 6.74. The van der Waals surface area contributed by atoms with Gasteiger partial charge in [-0.3, -0.25) is 0 Å². The van der Waals surface area contributed by atoms with Crippen LogP contribution in [0.5, 0.6) is 0 Å². The SMILES string of the molecule is OC1=CC2=CC=C3OC4=CCC5C=C(O)C=CC5C4C(c4cc5ccccc5c5ccccc45)[C@@H]3C2C=C1. The molecule has 0 aromatic heterocycles. The van der Waals surface area contributed by atoms with Gasteiger partial charge in [0.2, 0.25) is 0 Å². The fourth-order valence-electron chi connectivity index (χ4n) is 7.64. The molecule has 8 rings (SSSR count). The van der Waals surface area contributed by atoms with Crippen molar-refractivity contribution >= 4 is 21.5 Å². The summed E-state index contributed by atoms with van der Waals surface area (Å²) in [5, 5.41) is 25.7. The van der Waals surface area contributed by atoms with E-state index in [1.54, 1.807) is 0 Å². The molecule has 1 heterocycles. The Hall–Kier alpha value is -4.24. The minimum absolute atomic E-state index is 0.0916. The summed E-state index contributed by atoms with van der Waals surface area (Å²) in [6.07, 6.45) is 19.3. The molecule has 0 saturated carbocycles. The highest BCUT2D eigenvalue weighted by Gasteiger charge is 2.51. The summed E-state index contributed by atoms with van der Waals surface area (Å²) in [5.74, 6) is 3.64. The molecule has 3 aromatic carbocycles. The zero-order chi connectivity index (χ0) is 25.4. The number of aliphatic hydroxyl groups is 2. The molecule has 1 fully saturated rings. The van der Waals surface area contributed by atoms with Crippen LogP contribution in [-0.4, -0.2) is 10.2 Å². The predicted octanol–water partition coefficient (Wildman–Crippen LogP) is 8.32. The number of fused-ring (bicyclic) bond motifs is 9. The number of ether oxygens (including phenoxy) is 1. The molecule has 0 amide bonds. The van der Waals surface area contributed by atoms with Gasteiger partial charge in [0.1, 0.15) is 23.0 Å². The first kappa shape index (κ1) is 21.8. The Morgan fingerprint density at radius 3 is 2.42 bits per heavy atom. The van der Waals surface area contributed by atoms with Crippen molar-refractivity contribution in [3.8, 4) is 0 Å². The van der Waals surface area contributed by atoms with Crippen LogP contribution in [0.25, 0.3) is 21.5 Å². The number of rotatable bonds is 1. The van der Waals surface area contributed by atoms with Crippen LogP contribution in [0.2, 0.25) is 0 Å². The highest BCUT2D eigenvalue weighted by Crippen LogP contribution is 2.59. The fourth-order valence-corrected chi connectivity index (χ4v) is 7.64. The van der Waals surface area contributed by atoms with Crippen LogP contribution in [0.3, 0.4) is 0 Å². The number of hydrogen-bond acceptors (Lipinski definition) is 3. The van der Waals surface area contributed by atoms with E-state index in [1.165, 1.54) is 27.1 Å². The van der Waals surface area contributed by atoms with Crippen molar-refractivity contribution in [1.29, 1.82) is 0 Å². The average Bonchev–Trinajstić information content (AvgIpc) is 2.95. The second-order valence-electron chi connectivity index (χ2n) is 11.1. The standard InChI is InChI=1S/C35H28O3/c36-23-11-13-26-21(17-23)9-15-31-33(26)35(34-27-14-12-24(37)18-22(27)10-16-32(34)38-31)30-19-20-5-1-2-6-25(20)28-7-3-4-8-29(28)30/h1-9,11-19,22,26-27,33-37H,10H2/t22?,26?,27?,33-,34?,35?/m1/s1. The molecule has 5 unspecified atom stereocenters. The van der Waals surface area contributed by atoms with Gasteiger partial charge < -0.3 is 14.9 Å². The summed E-state index contributed by atoms with van der Waals surface area (Å²) in [6, 6.07) is 19.9. The molecule has 0 radical (unpaired) electrons. The molecular weight excluding hydrogens is 468 g/mol. The molecule has 4 aliphatic carbocycles. The maximum absolute atomic E-state index is 10.3. The number of benzene rings is 3. The quantitative estimate of drug-likeness (QED) is 0.333. The van der Waals surface area contributed by atoms with E-state index in [1.807, 2.05) is 24.3 Å². The average molecular weight is 497 g/mol. The normalized spacial score (nSPS) is 31.0. The van der Waals surface area contributed by atoms with Crippen molar-refractivity contribution in [2.24, 2.45) is 29.6 Å². The van der Waals surface area contributed by atoms with Crippen LogP contribution in [0.1, 0.15) is 17.9 Å². The zero-order valence-corrected chi connectivity index (χ0v) is 20.9. The van der Waals surface area contributed by atoms with Crippen molar-refractivity contribution in [3.05, 3.63) is 143 Å². The van der Waals surface area contributed by atoms with Crippen molar-refractivity contribution in [3.63, 3.8) is 0 Å². The molecule has 3 heteroatoms. The third-order valence-electron chi connectivity index (χ3n) is 9.20. The van der Waals surface area contributed by atoms with E-state index in [-0.39, 0.29) is 35.5 Å². The molecule has 186 valence electrons. The smallest absolute Gasteiger partial charge is 0.115 e. The third-order valence-corrected chi connectivity index (χ3v) is 9.20. The molecule has 5 aliphatic rings. The molecule has 0 bridgehead atoms. The molecule has 2 N–H and O–H groups in total. The van der Waals surface area contributed by atoms with Gasteiger partial charge in [0.05, 0.1) is 0 Å². The summed E-state index contributed by atoms with van der Waals surface area (Å²) in [4.78, 5) is 0. The molecule has 3 nitrogen and oxygen atoms in total. The molecule has 3 aromatic rings. The molecule has 38 heavy (non-hydrogen) atoms. The molecule has 0 spiro atoms. The second kappa shape index (κ2) is 8.13. The number of hydrogen-bond donors (Lipinski definition) is 2. The van der Waals surface area contributed by atoms with Gasteiger partial charge in [0, 0.05) is 23.7 Å². The zero-order valence-electron chi connectivity index (χ0n) is 20.9. The van der Waals surface area contributed by atoms with Crippen molar-refractivity contribution in [1.82, 2.24) is 0 Å². The van der Waals surface area contributed by atoms with Gasteiger partial charge in [0.15, 0.2) is 0 Å². The van der Waals surface area contributed by atoms with Gasteiger partial charge in [-0.2, -0.15) is 0 Å². The minimum Gasteiger partial charge on any atom is -0.508 e. The van der Waals surface area contributed by atoms with Crippen molar-refractivity contribution in [2.45, 2.75) is 12.3 Å². The number of aliphatic hydroxyl groups excluding tert-OH is 2. The van der Waals surface area contributed by atoms with Crippen LogP contribution in [0.15, 0.2) is 138 Å². The maximum atomic E-state index is 10.3. The van der Waals surface area contributed by atoms with Crippen LogP contribution >= 0.6 is 0 Å². The molecular formula is C35H28O3. The Morgan fingerprint density at radius 1 is 0.737 bits per heavy atom. The topological polar surface area (TPSA) is 49.7 Å². The van der Waals surface area contributed by atoms with E-state index in [0.717, 1.165) is 23.5 Å². The van der Waals surface area contributed by atoms with Gasteiger partial charge in [-0.05, 0) is 87.4 Å². The monoisotopic (exact) mass is 496 g/mol. The van der Waals surface area contributed by atoms with Crippen LogP contribution in [0.4, 0.5) is 0 Å². The maximum Gasteiger partial charge on any atom is 0.115 e. The second-order valence-corrected chi connectivity index (χ2v) is 11.1. The predicted molar refractivity (Wildman–Crippen MR) is 151 cm³/mol. The van der Waals surface area contributed by atoms with Crippen LogP contribution in [0, 0.1) is 29.6 Å². The molecule has 1 aliphatic heterocycles. The summed E-state index contributed by atoms with van der Waals surface area (Å²) in [5.41, 5.74) is 2.46. The lowest BCUT2D eigenvalue weighted by Crippen LogP contribution is -2.43. The largest absolute Gasteiger partial charge is 0.508 e. The minimum atomic E-state index is 0.0916. The Kier molecular flexibility index (Phi) is 4.66. The molecule has 1 saturated heterocycles. The summed E-state index contributed by atoms with van der Waals surface area (Å²) >= 11 is 0. The fraction of sp³-hybridized carbons (Fsp3) is 0.200. The van der Waals surface area contributed by atoms with Gasteiger partial charge >= 0.3 is 0 Å². The van der Waals surface area contributed by atoms with E-state index >= 15 is 0 Å². The third kappa shape index (κ3) is 3.14. The lowest BCUT2D eigenvalue weighted by atomic mass is 9.57. The van der Waals surface area contributed by atoms with Crippen LogP contribution < -0.4 is 0 Å². The first-order chi connectivity index (χ1) is 18.7. The Balaban J connectivity index is 1.41. The highest BCUT2D eigenvalue weighted by molar-refractivity contribution is 6.09. The van der Waals surface area contributed by atoms with Gasteiger partial charge in [-0.1, -0.05) is 72.8 Å². The lowest BCUT2D eigenvalue weighted by Gasteiger charge is -2.51. The van der Waals surface area contributed by atoms with Crippen molar-refractivity contribution in [2.75, 3.05) is 0 Å². The van der Waals surface area contributed by atoms with E-state index in [9.17, 15) is 10.2 Å². The van der Waals surface area contributed by atoms with E-state index in [2.05, 4.69) is 85.0 Å². The van der Waals surface area contributed by atoms with Crippen LogP contribution in [-0.2, 0) is 4.74 Å². The Bertz CT molecular complexity index is 1720. The Labute approximate surface area is 221 Å². The van der Waals surface area contributed by atoms with Gasteiger partial charge in [-0.15, -0.1) is 0 Å². The Morgan fingerprint density at radius 2 is 1.53 bits per heavy atom. The summed E-state index contributed by atoms with van der Waals surface area (Å²) in [6.45, 7) is 0. The highest BCUT2D eigenvalue weighted by atomic mass is 16.5. The van der Waals surface area contributed by atoms with E-state index < -0.39 is 0 Å².